The van der Waals surface area contributed by atoms with Gasteiger partial charge in [-0.15, -0.1) is 11.3 Å². The molecule has 0 aromatic carbocycles. The highest BCUT2D eigenvalue weighted by atomic mass is 32.1. The standard InChI is InChI=1S/C16H29NS/c1-4-6-8-9-11-14(10-7-5-2)15-12-16(17-3)18-13-15/h12-14,17H,4-11H2,1-3H3. The van der Waals surface area contributed by atoms with Gasteiger partial charge in [-0.2, -0.15) is 0 Å². The minimum Gasteiger partial charge on any atom is -0.380 e. The third-order valence-electron chi connectivity index (χ3n) is 3.65. The topological polar surface area (TPSA) is 12.0 Å². The van der Waals surface area contributed by atoms with Crippen LogP contribution in [0.25, 0.3) is 0 Å². The van der Waals surface area contributed by atoms with Crippen molar-refractivity contribution in [3.05, 3.63) is 17.0 Å². The van der Waals surface area contributed by atoms with Crippen molar-refractivity contribution >= 4 is 16.3 Å². The van der Waals surface area contributed by atoms with Crippen LogP contribution in [0, 0.1) is 0 Å². The lowest BCUT2D eigenvalue weighted by atomic mass is 9.90. The van der Waals surface area contributed by atoms with Crippen molar-refractivity contribution in [3.63, 3.8) is 0 Å². The Labute approximate surface area is 117 Å². The Bertz CT molecular complexity index is 306. The molecule has 104 valence electrons. The molecule has 0 spiro atoms. The van der Waals surface area contributed by atoms with Gasteiger partial charge in [0.1, 0.15) is 0 Å². The molecule has 1 nitrogen and oxygen atoms in total. The SMILES string of the molecule is CCCCCCC(CCCC)c1csc(NC)c1. The molecule has 1 atom stereocenters. The summed E-state index contributed by atoms with van der Waals surface area (Å²) in [5.41, 5.74) is 1.56. The fourth-order valence-corrected chi connectivity index (χ4v) is 3.29. The second-order valence-electron chi connectivity index (χ2n) is 5.18. The highest BCUT2D eigenvalue weighted by Crippen LogP contribution is 2.33. The summed E-state index contributed by atoms with van der Waals surface area (Å²) in [6, 6.07) is 2.35. The summed E-state index contributed by atoms with van der Waals surface area (Å²) in [6.07, 6.45) is 10.9. The molecule has 1 aromatic heterocycles. The van der Waals surface area contributed by atoms with E-state index in [-0.39, 0.29) is 0 Å². The molecular weight excluding hydrogens is 238 g/mol. The van der Waals surface area contributed by atoms with Gasteiger partial charge < -0.3 is 5.32 Å². The van der Waals surface area contributed by atoms with Crippen LogP contribution in [-0.2, 0) is 0 Å². The van der Waals surface area contributed by atoms with E-state index in [1.54, 1.807) is 5.56 Å². The number of rotatable bonds is 10. The number of hydrogen-bond donors (Lipinski definition) is 1. The van der Waals surface area contributed by atoms with Crippen LogP contribution in [0.4, 0.5) is 5.00 Å². The van der Waals surface area contributed by atoms with E-state index in [0.717, 1.165) is 5.92 Å². The largest absolute Gasteiger partial charge is 0.380 e. The molecule has 0 radical (unpaired) electrons. The van der Waals surface area contributed by atoms with Crippen molar-refractivity contribution in [1.29, 1.82) is 0 Å². The normalized spacial score (nSPS) is 12.6. The molecule has 0 aliphatic rings. The maximum Gasteiger partial charge on any atom is 0.0882 e. The first-order chi connectivity index (χ1) is 8.81. The van der Waals surface area contributed by atoms with E-state index in [1.807, 2.05) is 18.4 Å². The number of hydrogen-bond acceptors (Lipinski definition) is 2. The molecule has 18 heavy (non-hydrogen) atoms. The monoisotopic (exact) mass is 267 g/mol. The summed E-state index contributed by atoms with van der Waals surface area (Å²) < 4.78 is 0. The predicted octanol–water partition coefficient (Wildman–Crippen LogP) is 6.03. The van der Waals surface area contributed by atoms with E-state index in [4.69, 9.17) is 0 Å². The molecule has 2 heteroatoms. The van der Waals surface area contributed by atoms with Gasteiger partial charge in [-0.1, -0.05) is 52.4 Å². The molecule has 0 saturated carbocycles. The van der Waals surface area contributed by atoms with Crippen LogP contribution in [0.1, 0.15) is 76.7 Å². The summed E-state index contributed by atoms with van der Waals surface area (Å²) >= 11 is 1.84. The van der Waals surface area contributed by atoms with Gasteiger partial charge in [-0.25, -0.2) is 0 Å². The maximum atomic E-state index is 3.25. The van der Waals surface area contributed by atoms with Crippen molar-refractivity contribution in [1.82, 2.24) is 0 Å². The van der Waals surface area contributed by atoms with Crippen LogP contribution in [0.2, 0.25) is 0 Å². The van der Waals surface area contributed by atoms with Crippen LogP contribution in [0.3, 0.4) is 0 Å². The van der Waals surface area contributed by atoms with Crippen LogP contribution >= 0.6 is 11.3 Å². The second kappa shape index (κ2) is 9.43. The maximum absolute atomic E-state index is 3.25. The molecule has 0 aliphatic heterocycles. The Morgan fingerprint density at radius 3 is 2.39 bits per heavy atom. The highest BCUT2D eigenvalue weighted by Gasteiger charge is 2.12. The lowest BCUT2D eigenvalue weighted by Gasteiger charge is -2.15. The van der Waals surface area contributed by atoms with E-state index in [2.05, 4.69) is 30.6 Å². The molecule has 0 aliphatic carbocycles. The molecule has 1 rings (SSSR count). The molecule has 0 bridgehead atoms. The quantitative estimate of drug-likeness (QED) is 0.510. The summed E-state index contributed by atoms with van der Waals surface area (Å²) in [4.78, 5) is 0. The van der Waals surface area contributed by atoms with Crippen LogP contribution in [-0.4, -0.2) is 7.05 Å². The van der Waals surface area contributed by atoms with Gasteiger partial charge in [0.15, 0.2) is 0 Å². The fourth-order valence-electron chi connectivity index (χ4n) is 2.44. The first-order valence-corrected chi connectivity index (χ1v) is 8.45. The van der Waals surface area contributed by atoms with Crippen LogP contribution < -0.4 is 5.32 Å². The average molecular weight is 267 g/mol. The van der Waals surface area contributed by atoms with Gasteiger partial charge in [-0.05, 0) is 35.8 Å². The number of thiophene rings is 1. The van der Waals surface area contributed by atoms with E-state index in [9.17, 15) is 0 Å². The number of anilines is 1. The molecular formula is C16H29NS. The Kier molecular flexibility index (Phi) is 8.15. The summed E-state index contributed by atoms with van der Waals surface area (Å²) in [6.45, 7) is 4.58. The van der Waals surface area contributed by atoms with Gasteiger partial charge in [0.05, 0.1) is 5.00 Å². The summed E-state index contributed by atoms with van der Waals surface area (Å²) in [5, 5.41) is 6.91. The first kappa shape index (κ1) is 15.6. The van der Waals surface area contributed by atoms with Gasteiger partial charge in [0.25, 0.3) is 0 Å². The number of unbranched alkanes of at least 4 members (excludes halogenated alkanes) is 4. The molecule has 0 amide bonds. The minimum atomic E-state index is 0.792. The Morgan fingerprint density at radius 1 is 1.06 bits per heavy atom. The van der Waals surface area contributed by atoms with Gasteiger partial charge in [0.2, 0.25) is 0 Å². The average Bonchev–Trinajstić information content (AvgIpc) is 2.86. The van der Waals surface area contributed by atoms with Crippen LogP contribution in [0.5, 0.6) is 0 Å². The Hall–Kier alpha value is -0.500. The third kappa shape index (κ3) is 5.43. The lowest BCUT2D eigenvalue weighted by molar-refractivity contribution is 0.510. The molecule has 0 saturated heterocycles. The van der Waals surface area contributed by atoms with Crippen molar-refractivity contribution in [3.8, 4) is 0 Å². The third-order valence-corrected chi connectivity index (χ3v) is 4.62. The van der Waals surface area contributed by atoms with Crippen molar-refractivity contribution < 1.29 is 0 Å². The van der Waals surface area contributed by atoms with Gasteiger partial charge in [-0.3, -0.25) is 0 Å². The molecule has 1 unspecified atom stereocenters. The van der Waals surface area contributed by atoms with E-state index in [0.29, 0.717) is 0 Å². The summed E-state index contributed by atoms with van der Waals surface area (Å²) in [7, 11) is 2.01. The summed E-state index contributed by atoms with van der Waals surface area (Å²) in [5.74, 6) is 0.792. The van der Waals surface area contributed by atoms with Crippen molar-refractivity contribution in [2.24, 2.45) is 0 Å². The van der Waals surface area contributed by atoms with E-state index < -0.39 is 0 Å². The van der Waals surface area contributed by atoms with E-state index >= 15 is 0 Å². The Balaban J connectivity index is 2.48. The predicted molar refractivity (Wildman–Crippen MR) is 84.9 cm³/mol. The Morgan fingerprint density at radius 2 is 1.78 bits per heavy atom. The first-order valence-electron chi connectivity index (χ1n) is 7.58. The number of nitrogens with one attached hydrogen (secondary N) is 1. The smallest absolute Gasteiger partial charge is 0.0882 e. The van der Waals surface area contributed by atoms with Gasteiger partial charge >= 0.3 is 0 Å². The van der Waals surface area contributed by atoms with Gasteiger partial charge in [0, 0.05) is 7.05 Å². The molecule has 1 heterocycles. The fraction of sp³-hybridized carbons (Fsp3) is 0.750. The highest BCUT2D eigenvalue weighted by molar-refractivity contribution is 7.14. The molecule has 1 aromatic rings. The second-order valence-corrected chi connectivity index (χ2v) is 6.09. The minimum absolute atomic E-state index is 0.792. The molecule has 0 fully saturated rings. The zero-order valence-electron chi connectivity index (χ0n) is 12.3. The van der Waals surface area contributed by atoms with E-state index in [1.165, 1.54) is 56.4 Å². The van der Waals surface area contributed by atoms with Crippen molar-refractivity contribution in [2.45, 2.75) is 71.1 Å². The van der Waals surface area contributed by atoms with Crippen LogP contribution in [0.15, 0.2) is 11.4 Å². The zero-order chi connectivity index (χ0) is 13.2. The molecule has 1 N–H and O–H groups in total. The lowest BCUT2D eigenvalue weighted by Crippen LogP contribution is -1.98. The zero-order valence-corrected chi connectivity index (χ0v) is 13.1. The van der Waals surface area contributed by atoms with Crippen molar-refractivity contribution in [2.75, 3.05) is 12.4 Å².